The molecule has 41 heavy (non-hydrogen) atoms. The average molecular weight is 562 g/mol. The Labute approximate surface area is 243 Å². The van der Waals surface area contributed by atoms with Crippen LogP contribution in [-0.4, -0.2) is 35.4 Å². The van der Waals surface area contributed by atoms with Gasteiger partial charge >= 0.3 is 0 Å². The van der Waals surface area contributed by atoms with E-state index in [-0.39, 0.29) is 0 Å². The largest absolute Gasteiger partial charge is 0.389 e. The van der Waals surface area contributed by atoms with Crippen LogP contribution in [0.3, 0.4) is 0 Å². The summed E-state index contributed by atoms with van der Waals surface area (Å²) < 4.78 is 5.14. The number of fused-ring (bicyclic) bond motifs is 2. The SMILES string of the molecule is Cc1ccnc(NSc2ccc(Nc3cc4c(-c5ccc6c(cnn6CC(C)(C)O)c5C)nccc4cn3)cc2)c1. The Kier molecular flexibility index (Phi) is 7.07. The first-order valence-electron chi connectivity index (χ1n) is 13.4. The third-order valence-electron chi connectivity index (χ3n) is 6.85. The van der Waals surface area contributed by atoms with Crippen molar-refractivity contribution in [2.75, 3.05) is 10.0 Å². The number of hydrogen-bond donors (Lipinski definition) is 3. The molecule has 0 radical (unpaired) electrons. The van der Waals surface area contributed by atoms with Crippen molar-refractivity contribution in [3.05, 3.63) is 96.6 Å². The summed E-state index contributed by atoms with van der Waals surface area (Å²) in [6, 6.07) is 20.3. The number of nitrogens with zero attached hydrogens (tertiary/aromatic N) is 5. The minimum atomic E-state index is -0.853. The molecule has 4 heterocycles. The van der Waals surface area contributed by atoms with Crippen LogP contribution in [0, 0.1) is 13.8 Å². The normalized spacial score (nSPS) is 11.7. The summed E-state index contributed by atoms with van der Waals surface area (Å²) in [4.78, 5) is 14.9. The average Bonchev–Trinajstić information content (AvgIpc) is 3.35. The molecular weight excluding hydrogens is 530 g/mol. The molecule has 0 amide bonds. The Bertz CT molecular complexity index is 1860. The summed E-state index contributed by atoms with van der Waals surface area (Å²) in [5.74, 6) is 1.57. The molecule has 0 aliphatic rings. The minimum absolute atomic E-state index is 0.419. The zero-order valence-electron chi connectivity index (χ0n) is 23.4. The van der Waals surface area contributed by atoms with Crippen LogP contribution in [0.5, 0.6) is 0 Å². The number of hydrogen-bond acceptors (Lipinski definition) is 8. The van der Waals surface area contributed by atoms with Gasteiger partial charge in [-0.2, -0.15) is 5.10 Å². The van der Waals surface area contributed by atoms with Gasteiger partial charge < -0.3 is 15.1 Å². The van der Waals surface area contributed by atoms with Crippen LogP contribution in [0.1, 0.15) is 25.0 Å². The maximum atomic E-state index is 10.3. The van der Waals surface area contributed by atoms with Crippen molar-refractivity contribution in [1.29, 1.82) is 0 Å². The molecule has 0 unspecified atom stereocenters. The molecule has 3 N–H and O–H groups in total. The lowest BCUT2D eigenvalue weighted by Crippen LogP contribution is -2.26. The Morgan fingerprint density at radius 2 is 1.66 bits per heavy atom. The monoisotopic (exact) mass is 561 g/mol. The van der Waals surface area contributed by atoms with Crippen LogP contribution in [0.2, 0.25) is 0 Å². The molecule has 0 saturated heterocycles. The lowest BCUT2D eigenvalue weighted by molar-refractivity contribution is 0.0591. The predicted molar refractivity (Wildman–Crippen MR) is 167 cm³/mol. The van der Waals surface area contributed by atoms with Crippen molar-refractivity contribution in [2.24, 2.45) is 0 Å². The lowest BCUT2D eigenvalue weighted by Gasteiger charge is -2.18. The lowest BCUT2D eigenvalue weighted by atomic mass is 9.98. The van der Waals surface area contributed by atoms with Crippen LogP contribution in [-0.2, 0) is 6.54 Å². The van der Waals surface area contributed by atoms with E-state index in [0.29, 0.717) is 6.54 Å². The Balaban J connectivity index is 1.25. The molecule has 8 nitrogen and oxygen atoms in total. The number of benzene rings is 2. The summed E-state index contributed by atoms with van der Waals surface area (Å²) in [5, 5.41) is 21.4. The summed E-state index contributed by atoms with van der Waals surface area (Å²) in [7, 11) is 0. The molecule has 0 aliphatic heterocycles. The molecule has 0 bridgehead atoms. The fraction of sp³-hybridized carbons (Fsp3) is 0.188. The van der Waals surface area contributed by atoms with Gasteiger partial charge in [-0.3, -0.25) is 9.67 Å². The Hall–Kier alpha value is -4.47. The predicted octanol–water partition coefficient (Wildman–Crippen LogP) is 7.29. The molecule has 0 saturated carbocycles. The molecule has 9 heteroatoms. The summed E-state index contributed by atoms with van der Waals surface area (Å²) in [6.07, 6.45) is 7.37. The van der Waals surface area contributed by atoms with Crippen LogP contribution < -0.4 is 10.0 Å². The van der Waals surface area contributed by atoms with E-state index in [1.807, 2.05) is 66.6 Å². The van der Waals surface area contributed by atoms with Crippen molar-refractivity contribution in [3.63, 3.8) is 0 Å². The van der Waals surface area contributed by atoms with Crippen molar-refractivity contribution in [3.8, 4) is 11.3 Å². The van der Waals surface area contributed by atoms with Gasteiger partial charge in [0.15, 0.2) is 0 Å². The van der Waals surface area contributed by atoms with E-state index in [2.05, 4.69) is 56.3 Å². The topological polar surface area (TPSA) is 101 Å². The van der Waals surface area contributed by atoms with Gasteiger partial charge in [-0.15, -0.1) is 0 Å². The first kappa shape index (κ1) is 26.7. The number of aliphatic hydroxyl groups is 1. The molecule has 0 spiro atoms. The Morgan fingerprint density at radius 3 is 2.44 bits per heavy atom. The second-order valence-electron chi connectivity index (χ2n) is 10.8. The Morgan fingerprint density at radius 1 is 0.854 bits per heavy atom. The van der Waals surface area contributed by atoms with E-state index in [9.17, 15) is 5.11 Å². The van der Waals surface area contributed by atoms with Gasteiger partial charge in [0, 0.05) is 50.9 Å². The first-order chi connectivity index (χ1) is 19.7. The van der Waals surface area contributed by atoms with Gasteiger partial charge in [0.25, 0.3) is 0 Å². The van der Waals surface area contributed by atoms with Crippen molar-refractivity contribution < 1.29 is 5.11 Å². The van der Waals surface area contributed by atoms with Crippen LogP contribution in [0.15, 0.2) is 90.3 Å². The molecule has 0 atom stereocenters. The summed E-state index contributed by atoms with van der Waals surface area (Å²) in [5.41, 5.74) is 5.27. The van der Waals surface area contributed by atoms with E-state index in [1.165, 1.54) is 11.9 Å². The van der Waals surface area contributed by atoms with E-state index in [4.69, 9.17) is 4.98 Å². The first-order valence-corrected chi connectivity index (χ1v) is 14.2. The second kappa shape index (κ2) is 10.8. The number of rotatable bonds is 8. The maximum Gasteiger partial charge on any atom is 0.136 e. The number of aryl methyl sites for hydroxylation is 2. The molecule has 206 valence electrons. The quantitative estimate of drug-likeness (QED) is 0.167. The van der Waals surface area contributed by atoms with E-state index in [0.717, 1.165) is 66.3 Å². The molecular formula is C32H31N7OS. The molecule has 2 aromatic carbocycles. The van der Waals surface area contributed by atoms with Crippen LogP contribution in [0.25, 0.3) is 32.9 Å². The summed E-state index contributed by atoms with van der Waals surface area (Å²) >= 11 is 1.52. The zero-order chi connectivity index (χ0) is 28.6. The molecule has 6 aromatic rings. The number of pyridine rings is 3. The van der Waals surface area contributed by atoms with E-state index >= 15 is 0 Å². The van der Waals surface area contributed by atoms with Gasteiger partial charge in [-0.1, -0.05) is 6.07 Å². The van der Waals surface area contributed by atoms with Gasteiger partial charge in [-0.25, -0.2) is 9.97 Å². The van der Waals surface area contributed by atoms with Gasteiger partial charge in [0.1, 0.15) is 11.6 Å². The fourth-order valence-corrected chi connectivity index (χ4v) is 5.45. The van der Waals surface area contributed by atoms with Gasteiger partial charge in [0.05, 0.1) is 29.6 Å². The third-order valence-corrected chi connectivity index (χ3v) is 7.67. The van der Waals surface area contributed by atoms with Gasteiger partial charge in [0.2, 0.25) is 0 Å². The third kappa shape index (κ3) is 5.86. The standard InChI is InChI=1S/C32H31N7OS/c1-20-11-13-33-30(15-20)38-41-24-7-5-23(6-8-24)37-29-16-26-22(17-35-29)12-14-34-31(26)25-9-10-28-27(21(25)2)18-36-39(28)19-32(3,4)40/h5-18,40H,19H2,1-4H3,(H,33,38)(H,35,37). The minimum Gasteiger partial charge on any atom is -0.389 e. The molecule has 0 fully saturated rings. The highest BCUT2D eigenvalue weighted by molar-refractivity contribution is 8.00. The highest BCUT2D eigenvalue weighted by atomic mass is 32.2. The highest BCUT2D eigenvalue weighted by Gasteiger charge is 2.18. The maximum absolute atomic E-state index is 10.3. The highest BCUT2D eigenvalue weighted by Crippen LogP contribution is 2.34. The fourth-order valence-electron chi connectivity index (χ4n) is 4.85. The molecule has 4 aromatic heterocycles. The number of anilines is 3. The van der Waals surface area contributed by atoms with Crippen molar-refractivity contribution in [2.45, 2.75) is 44.7 Å². The van der Waals surface area contributed by atoms with Crippen molar-refractivity contribution >= 4 is 50.9 Å². The van der Waals surface area contributed by atoms with Crippen LogP contribution >= 0.6 is 11.9 Å². The van der Waals surface area contributed by atoms with E-state index < -0.39 is 5.60 Å². The zero-order valence-corrected chi connectivity index (χ0v) is 24.2. The molecule has 6 rings (SSSR count). The van der Waals surface area contributed by atoms with Crippen molar-refractivity contribution in [1.82, 2.24) is 24.7 Å². The number of nitrogens with one attached hydrogen (secondary N) is 2. The smallest absolute Gasteiger partial charge is 0.136 e. The number of aromatic nitrogens is 5. The van der Waals surface area contributed by atoms with Gasteiger partial charge in [-0.05, 0) is 105 Å². The molecule has 0 aliphatic carbocycles. The second-order valence-corrected chi connectivity index (χ2v) is 11.7. The summed E-state index contributed by atoms with van der Waals surface area (Å²) in [6.45, 7) is 8.14. The van der Waals surface area contributed by atoms with E-state index in [1.54, 1.807) is 20.0 Å². The van der Waals surface area contributed by atoms with Crippen LogP contribution in [0.4, 0.5) is 17.3 Å².